The number of fused-ring (bicyclic) bond motifs is 1. The van der Waals surface area contributed by atoms with Crippen LogP contribution in [0.2, 0.25) is 0 Å². The summed E-state index contributed by atoms with van der Waals surface area (Å²) in [5.74, 6) is -0.0557. The molecule has 1 N–H and O–H groups in total. The molecule has 0 unspecified atom stereocenters. The SMILES string of the molecule is Cc1ccccc1Cn1c(C(=O)NCCc2ccccn2)cc2scc(Br)c21. The zero-order valence-corrected chi connectivity index (χ0v) is 17.9. The molecule has 6 heteroatoms. The predicted octanol–water partition coefficient (Wildman–Crippen LogP) is 5.19. The molecule has 0 atom stereocenters. The lowest BCUT2D eigenvalue weighted by molar-refractivity contribution is 0.0945. The zero-order chi connectivity index (χ0) is 19.5. The van der Waals surface area contributed by atoms with E-state index < -0.39 is 0 Å². The third-order valence-electron chi connectivity index (χ3n) is 4.79. The van der Waals surface area contributed by atoms with Crippen LogP contribution in [-0.4, -0.2) is 22.0 Å². The summed E-state index contributed by atoms with van der Waals surface area (Å²) in [6, 6.07) is 16.1. The molecule has 0 radical (unpaired) electrons. The van der Waals surface area contributed by atoms with Crippen molar-refractivity contribution in [3.05, 3.63) is 87.1 Å². The van der Waals surface area contributed by atoms with Crippen molar-refractivity contribution in [3.63, 3.8) is 0 Å². The fraction of sp³-hybridized carbons (Fsp3) is 0.182. The second-order valence-electron chi connectivity index (χ2n) is 6.67. The molecule has 3 aromatic heterocycles. The highest BCUT2D eigenvalue weighted by Crippen LogP contribution is 2.34. The fourth-order valence-electron chi connectivity index (χ4n) is 3.28. The van der Waals surface area contributed by atoms with Gasteiger partial charge >= 0.3 is 0 Å². The van der Waals surface area contributed by atoms with Crippen LogP contribution >= 0.6 is 27.3 Å². The Labute approximate surface area is 176 Å². The molecule has 0 fully saturated rings. The van der Waals surface area contributed by atoms with E-state index in [1.807, 2.05) is 36.4 Å². The smallest absolute Gasteiger partial charge is 0.267 e. The number of carbonyl (C=O) groups is 1. The van der Waals surface area contributed by atoms with Crippen LogP contribution in [0.5, 0.6) is 0 Å². The Balaban J connectivity index is 1.59. The van der Waals surface area contributed by atoms with Crippen molar-refractivity contribution in [1.29, 1.82) is 0 Å². The Morgan fingerprint density at radius 3 is 2.82 bits per heavy atom. The van der Waals surface area contributed by atoms with Crippen LogP contribution < -0.4 is 5.32 Å². The van der Waals surface area contributed by atoms with Crippen LogP contribution in [0.4, 0.5) is 0 Å². The summed E-state index contributed by atoms with van der Waals surface area (Å²) in [5, 5.41) is 5.12. The molecule has 0 aliphatic carbocycles. The van der Waals surface area contributed by atoms with Crippen molar-refractivity contribution in [2.45, 2.75) is 19.9 Å². The van der Waals surface area contributed by atoms with Gasteiger partial charge in [-0.15, -0.1) is 11.3 Å². The minimum atomic E-state index is -0.0557. The van der Waals surface area contributed by atoms with Gasteiger partial charge in [0.05, 0.1) is 14.7 Å². The minimum Gasteiger partial charge on any atom is -0.350 e. The van der Waals surface area contributed by atoms with Crippen LogP contribution in [0.1, 0.15) is 27.3 Å². The number of aryl methyl sites for hydroxylation is 1. The number of nitrogens with one attached hydrogen (secondary N) is 1. The van der Waals surface area contributed by atoms with Gasteiger partial charge in [0.25, 0.3) is 5.91 Å². The van der Waals surface area contributed by atoms with Gasteiger partial charge in [0.15, 0.2) is 0 Å². The average molecular weight is 454 g/mol. The first-order chi connectivity index (χ1) is 13.6. The molecular formula is C22H20BrN3OS. The third-order valence-corrected chi connectivity index (χ3v) is 6.62. The number of thiophene rings is 1. The number of pyridine rings is 1. The van der Waals surface area contributed by atoms with Crippen molar-refractivity contribution in [2.24, 2.45) is 0 Å². The summed E-state index contributed by atoms with van der Waals surface area (Å²) >= 11 is 5.29. The number of rotatable bonds is 6. The van der Waals surface area contributed by atoms with E-state index >= 15 is 0 Å². The molecule has 0 saturated heterocycles. The number of halogens is 1. The topological polar surface area (TPSA) is 46.9 Å². The monoisotopic (exact) mass is 453 g/mol. The summed E-state index contributed by atoms with van der Waals surface area (Å²) in [5.41, 5.74) is 5.16. The highest BCUT2D eigenvalue weighted by atomic mass is 79.9. The fourth-order valence-corrected chi connectivity index (χ4v) is 4.98. The normalized spacial score (nSPS) is 11.1. The Morgan fingerprint density at radius 1 is 1.21 bits per heavy atom. The molecule has 0 spiro atoms. The van der Waals surface area contributed by atoms with Crippen molar-refractivity contribution >= 4 is 43.4 Å². The van der Waals surface area contributed by atoms with Gasteiger partial charge in [0, 0.05) is 36.8 Å². The number of carbonyl (C=O) groups excluding carboxylic acids is 1. The molecule has 4 nitrogen and oxygen atoms in total. The van der Waals surface area contributed by atoms with Crippen LogP contribution in [0.25, 0.3) is 10.2 Å². The first-order valence-corrected chi connectivity index (χ1v) is 10.8. The number of benzene rings is 1. The van der Waals surface area contributed by atoms with E-state index in [0.29, 0.717) is 25.2 Å². The number of hydrogen-bond acceptors (Lipinski definition) is 3. The quantitative estimate of drug-likeness (QED) is 0.436. The molecule has 0 aliphatic rings. The van der Waals surface area contributed by atoms with E-state index in [0.717, 1.165) is 20.4 Å². The van der Waals surface area contributed by atoms with Crippen LogP contribution in [0.15, 0.2) is 64.6 Å². The minimum absolute atomic E-state index is 0.0557. The Morgan fingerprint density at radius 2 is 2.04 bits per heavy atom. The van der Waals surface area contributed by atoms with Gasteiger partial charge < -0.3 is 9.88 Å². The Hall–Kier alpha value is -2.44. The molecule has 1 aromatic carbocycles. The van der Waals surface area contributed by atoms with Crippen molar-refractivity contribution < 1.29 is 4.79 Å². The number of hydrogen-bond donors (Lipinski definition) is 1. The lowest BCUT2D eigenvalue weighted by Gasteiger charge is -2.13. The molecular weight excluding hydrogens is 434 g/mol. The molecule has 0 saturated carbocycles. The predicted molar refractivity (Wildman–Crippen MR) is 118 cm³/mol. The van der Waals surface area contributed by atoms with Gasteiger partial charge in [-0.05, 0) is 52.2 Å². The zero-order valence-electron chi connectivity index (χ0n) is 15.5. The largest absolute Gasteiger partial charge is 0.350 e. The van der Waals surface area contributed by atoms with E-state index in [1.54, 1.807) is 17.5 Å². The highest BCUT2D eigenvalue weighted by molar-refractivity contribution is 9.10. The molecule has 142 valence electrons. The molecule has 4 rings (SSSR count). The van der Waals surface area contributed by atoms with Gasteiger partial charge in [-0.1, -0.05) is 30.3 Å². The van der Waals surface area contributed by atoms with Gasteiger partial charge in [-0.2, -0.15) is 0 Å². The maximum absolute atomic E-state index is 12.9. The number of nitrogens with zero attached hydrogens (tertiary/aromatic N) is 2. The molecule has 3 heterocycles. The van der Waals surface area contributed by atoms with Crippen molar-refractivity contribution in [2.75, 3.05) is 6.54 Å². The maximum atomic E-state index is 12.9. The van der Waals surface area contributed by atoms with Crippen LogP contribution in [0, 0.1) is 6.92 Å². The molecule has 28 heavy (non-hydrogen) atoms. The molecule has 0 aliphatic heterocycles. The van der Waals surface area contributed by atoms with E-state index in [1.165, 1.54) is 11.1 Å². The number of aromatic nitrogens is 2. The van der Waals surface area contributed by atoms with Crippen LogP contribution in [-0.2, 0) is 13.0 Å². The summed E-state index contributed by atoms with van der Waals surface area (Å²) in [4.78, 5) is 17.3. The Kier molecular flexibility index (Phi) is 5.59. The lowest BCUT2D eigenvalue weighted by Crippen LogP contribution is -2.28. The highest BCUT2D eigenvalue weighted by Gasteiger charge is 2.19. The summed E-state index contributed by atoms with van der Waals surface area (Å²) in [6.07, 6.45) is 2.49. The van der Waals surface area contributed by atoms with Crippen LogP contribution in [0.3, 0.4) is 0 Å². The van der Waals surface area contributed by atoms with Gasteiger partial charge in [0.2, 0.25) is 0 Å². The molecule has 4 aromatic rings. The summed E-state index contributed by atoms with van der Waals surface area (Å²) in [6.45, 7) is 3.32. The second kappa shape index (κ2) is 8.29. The standard InChI is InChI=1S/C22H20BrN3OS/c1-15-6-2-3-7-16(15)13-26-19(12-20-21(26)18(23)14-28-20)22(27)25-11-9-17-8-4-5-10-24-17/h2-8,10,12,14H,9,11,13H2,1H3,(H,25,27). The van der Waals surface area contributed by atoms with E-state index in [9.17, 15) is 4.79 Å². The lowest BCUT2D eigenvalue weighted by atomic mass is 10.1. The average Bonchev–Trinajstić information content (AvgIpc) is 3.25. The van der Waals surface area contributed by atoms with E-state index in [-0.39, 0.29) is 5.91 Å². The van der Waals surface area contributed by atoms with Gasteiger partial charge in [-0.3, -0.25) is 9.78 Å². The van der Waals surface area contributed by atoms with E-state index in [2.05, 4.69) is 55.2 Å². The summed E-state index contributed by atoms with van der Waals surface area (Å²) in [7, 11) is 0. The summed E-state index contributed by atoms with van der Waals surface area (Å²) < 4.78 is 4.23. The first-order valence-electron chi connectivity index (χ1n) is 9.12. The third kappa shape index (κ3) is 3.88. The van der Waals surface area contributed by atoms with Crippen molar-refractivity contribution in [1.82, 2.24) is 14.9 Å². The maximum Gasteiger partial charge on any atom is 0.267 e. The van der Waals surface area contributed by atoms with Gasteiger partial charge in [0.1, 0.15) is 5.69 Å². The van der Waals surface area contributed by atoms with Gasteiger partial charge in [-0.25, -0.2) is 0 Å². The first kappa shape index (κ1) is 18.9. The Bertz CT molecular complexity index is 1120. The van der Waals surface area contributed by atoms with E-state index in [4.69, 9.17) is 0 Å². The second-order valence-corrected chi connectivity index (χ2v) is 8.43. The molecule has 1 amide bonds. The van der Waals surface area contributed by atoms with Crippen molar-refractivity contribution in [3.8, 4) is 0 Å². The molecule has 0 bridgehead atoms. The number of amides is 1.